The number of nitrogens with zero attached hydrogens (tertiary/aromatic N) is 1. The number of carbonyl (C=O) groups excluding carboxylic acids is 1. The summed E-state index contributed by atoms with van der Waals surface area (Å²) in [6.45, 7) is 0. The van der Waals surface area contributed by atoms with E-state index in [0.717, 1.165) is 5.56 Å². The molecule has 1 amide bonds. The second-order valence-corrected chi connectivity index (χ2v) is 6.09. The van der Waals surface area contributed by atoms with E-state index in [0.29, 0.717) is 25.0 Å². The molecular weight excluding hydrogens is 274 g/mol. The van der Waals surface area contributed by atoms with Crippen molar-refractivity contribution in [2.75, 3.05) is 19.8 Å². The van der Waals surface area contributed by atoms with Gasteiger partial charge in [0.2, 0.25) is 5.91 Å². The number of hydrogen-bond donors (Lipinski definition) is 1. The molecule has 1 unspecified atom stereocenters. The Balaban J connectivity index is 2.37. The smallest absolute Gasteiger partial charge is 0.316 e. The molecule has 1 atom stereocenters. The average molecular weight is 295 g/mol. The Hall–Kier alpha value is -1.49. The molecule has 0 aromatic heterocycles. The highest BCUT2D eigenvalue weighted by Gasteiger charge is 2.18. The number of hydrogen-bond acceptors (Lipinski definition) is 3. The molecule has 5 heteroatoms. The van der Waals surface area contributed by atoms with E-state index < -0.39 is 11.2 Å². The van der Waals surface area contributed by atoms with Crippen molar-refractivity contribution in [3.8, 4) is 0 Å². The van der Waals surface area contributed by atoms with E-state index in [4.69, 9.17) is 0 Å². The minimum Gasteiger partial charge on any atom is -0.480 e. The van der Waals surface area contributed by atoms with Crippen molar-refractivity contribution in [2.24, 2.45) is 0 Å². The van der Waals surface area contributed by atoms with Gasteiger partial charge in [0.1, 0.15) is 5.25 Å². The van der Waals surface area contributed by atoms with Crippen molar-refractivity contribution < 1.29 is 14.7 Å². The second kappa shape index (κ2) is 8.64. The van der Waals surface area contributed by atoms with Gasteiger partial charge in [0, 0.05) is 20.5 Å². The number of benzene rings is 1. The van der Waals surface area contributed by atoms with Crippen LogP contribution in [-0.2, 0) is 16.0 Å². The average Bonchev–Trinajstić information content (AvgIpc) is 2.42. The molecule has 1 aromatic rings. The van der Waals surface area contributed by atoms with Crippen LogP contribution in [0.15, 0.2) is 30.3 Å². The quantitative estimate of drug-likeness (QED) is 0.748. The Labute approximate surface area is 124 Å². The summed E-state index contributed by atoms with van der Waals surface area (Å²) in [6, 6.07) is 9.61. The predicted molar refractivity (Wildman–Crippen MR) is 82.0 cm³/mol. The van der Waals surface area contributed by atoms with Crippen LogP contribution in [0.4, 0.5) is 0 Å². The Bertz CT molecular complexity index is 434. The first-order valence-electron chi connectivity index (χ1n) is 6.59. The maximum atomic E-state index is 11.4. The van der Waals surface area contributed by atoms with Crippen molar-refractivity contribution >= 4 is 23.6 Å². The molecule has 0 spiro atoms. The van der Waals surface area contributed by atoms with Gasteiger partial charge in [-0.3, -0.25) is 9.59 Å². The van der Waals surface area contributed by atoms with Gasteiger partial charge in [0.25, 0.3) is 0 Å². The predicted octanol–water partition coefficient (Wildman–Crippen LogP) is 2.28. The molecule has 4 nitrogen and oxygen atoms in total. The van der Waals surface area contributed by atoms with Gasteiger partial charge in [-0.2, -0.15) is 0 Å². The van der Waals surface area contributed by atoms with Gasteiger partial charge in [0.05, 0.1) is 0 Å². The Kier molecular flexibility index (Phi) is 7.15. The topological polar surface area (TPSA) is 57.6 Å². The first kappa shape index (κ1) is 16.6. The minimum absolute atomic E-state index is 0.0838. The van der Waals surface area contributed by atoms with Crippen LogP contribution in [0.5, 0.6) is 0 Å². The highest BCUT2D eigenvalue weighted by atomic mass is 32.2. The largest absolute Gasteiger partial charge is 0.480 e. The number of carboxylic acid groups (broad SMARTS) is 1. The van der Waals surface area contributed by atoms with E-state index >= 15 is 0 Å². The number of carbonyl (C=O) groups is 2. The number of amides is 1. The van der Waals surface area contributed by atoms with Crippen molar-refractivity contribution in [3.63, 3.8) is 0 Å². The lowest BCUT2D eigenvalue weighted by Crippen LogP contribution is -2.22. The molecule has 0 aliphatic carbocycles. The Morgan fingerprint density at radius 3 is 2.45 bits per heavy atom. The number of rotatable bonds is 8. The molecule has 0 bridgehead atoms. The van der Waals surface area contributed by atoms with Crippen LogP contribution in [0, 0.1) is 0 Å². The van der Waals surface area contributed by atoms with E-state index in [1.165, 1.54) is 11.8 Å². The van der Waals surface area contributed by atoms with Gasteiger partial charge in [0.15, 0.2) is 0 Å². The molecule has 0 fully saturated rings. The van der Waals surface area contributed by atoms with Crippen LogP contribution in [-0.4, -0.2) is 47.0 Å². The molecule has 0 saturated carbocycles. The third-order valence-corrected chi connectivity index (χ3v) is 4.19. The first-order valence-corrected chi connectivity index (χ1v) is 7.64. The van der Waals surface area contributed by atoms with Crippen LogP contribution in [0.25, 0.3) is 0 Å². The van der Waals surface area contributed by atoms with Gasteiger partial charge in [-0.1, -0.05) is 30.3 Å². The van der Waals surface area contributed by atoms with Crippen LogP contribution in [0.3, 0.4) is 0 Å². The lowest BCUT2D eigenvalue weighted by atomic mass is 10.1. The van der Waals surface area contributed by atoms with Gasteiger partial charge >= 0.3 is 5.97 Å². The van der Waals surface area contributed by atoms with Gasteiger partial charge < -0.3 is 10.0 Å². The summed E-state index contributed by atoms with van der Waals surface area (Å²) < 4.78 is 0. The minimum atomic E-state index is -0.794. The summed E-state index contributed by atoms with van der Waals surface area (Å²) in [7, 11) is 3.45. The van der Waals surface area contributed by atoms with Crippen LogP contribution < -0.4 is 0 Å². The second-order valence-electron chi connectivity index (χ2n) is 4.78. The van der Waals surface area contributed by atoms with Crippen molar-refractivity contribution in [1.29, 1.82) is 0 Å². The number of aliphatic carboxylic acids is 1. The van der Waals surface area contributed by atoms with Gasteiger partial charge in [-0.05, 0) is 24.2 Å². The van der Waals surface area contributed by atoms with Crippen molar-refractivity contribution in [3.05, 3.63) is 35.9 Å². The normalized spacial score (nSPS) is 11.9. The van der Waals surface area contributed by atoms with Crippen LogP contribution >= 0.6 is 11.8 Å². The van der Waals surface area contributed by atoms with E-state index in [2.05, 4.69) is 0 Å². The van der Waals surface area contributed by atoms with E-state index in [-0.39, 0.29) is 5.91 Å². The molecule has 1 aromatic carbocycles. The Morgan fingerprint density at radius 1 is 1.25 bits per heavy atom. The molecule has 1 rings (SSSR count). The summed E-state index contributed by atoms with van der Waals surface area (Å²) in [5, 5.41) is 8.78. The fourth-order valence-electron chi connectivity index (χ4n) is 1.72. The number of carboxylic acids is 1. The maximum Gasteiger partial charge on any atom is 0.316 e. The fourth-order valence-corrected chi connectivity index (χ4v) is 2.77. The molecule has 1 N–H and O–H groups in total. The molecule has 110 valence electrons. The molecule has 20 heavy (non-hydrogen) atoms. The highest BCUT2D eigenvalue weighted by molar-refractivity contribution is 8.00. The molecular formula is C15H21NO3S. The van der Waals surface area contributed by atoms with Crippen LogP contribution in [0.2, 0.25) is 0 Å². The van der Waals surface area contributed by atoms with Gasteiger partial charge in [-0.25, -0.2) is 0 Å². The third kappa shape index (κ3) is 6.10. The summed E-state index contributed by atoms with van der Waals surface area (Å²) in [5.41, 5.74) is 1.02. The van der Waals surface area contributed by atoms with Gasteiger partial charge in [-0.15, -0.1) is 11.8 Å². The summed E-state index contributed by atoms with van der Waals surface area (Å²) in [6.07, 6.45) is 1.69. The zero-order chi connectivity index (χ0) is 15.0. The van der Waals surface area contributed by atoms with Crippen molar-refractivity contribution in [1.82, 2.24) is 4.90 Å². The van der Waals surface area contributed by atoms with E-state index in [1.807, 2.05) is 30.3 Å². The standard InChI is InChI=1S/C15H21NO3S/c1-16(2)14(17)9-6-10-20-13(15(18)19)11-12-7-4-3-5-8-12/h3-5,7-8,13H,6,9-11H2,1-2H3,(H,18,19). The monoisotopic (exact) mass is 295 g/mol. The zero-order valence-electron chi connectivity index (χ0n) is 11.9. The highest BCUT2D eigenvalue weighted by Crippen LogP contribution is 2.18. The summed E-state index contributed by atoms with van der Waals surface area (Å²) in [5.74, 6) is -0.0260. The summed E-state index contributed by atoms with van der Waals surface area (Å²) >= 11 is 1.41. The maximum absolute atomic E-state index is 11.4. The summed E-state index contributed by atoms with van der Waals surface area (Å²) in [4.78, 5) is 24.2. The molecule has 0 aliphatic rings. The fraction of sp³-hybridized carbons (Fsp3) is 0.467. The van der Waals surface area contributed by atoms with Crippen LogP contribution in [0.1, 0.15) is 18.4 Å². The van der Waals surface area contributed by atoms with Crippen molar-refractivity contribution in [2.45, 2.75) is 24.5 Å². The third-order valence-electron chi connectivity index (χ3n) is 2.89. The SMILES string of the molecule is CN(C)C(=O)CCCSC(Cc1ccccc1)C(=O)O. The molecule has 0 aliphatic heterocycles. The molecule has 0 radical (unpaired) electrons. The van der Waals surface area contributed by atoms with E-state index in [9.17, 15) is 14.7 Å². The molecule has 0 saturated heterocycles. The Morgan fingerprint density at radius 2 is 1.90 bits per heavy atom. The first-order chi connectivity index (χ1) is 9.50. The molecule has 0 heterocycles. The number of thioether (sulfide) groups is 1. The zero-order valence-corrected chi connectivity index (χ0v) is 12.7. The van der Waals surface area contributed by atoms with E-state index in [1.54, 1.807) is 19.0 Å². The lowest BCUT2D eigenvalue weighted by Gasteiger charge is -2.13. The lowest BCUT2D eigenvalue weighted by molar-refractivity contribution is -0.136.